The maximum absolute atomic E-state index is 6.52. The Hall–Kier alpha value is -1.64. The molecule has 100 valence electrons. The average molecular weight is 326 g/mol. The third-order valence-corrected chi connectivity index (χ3v) is 4.26. The molecule has 0 radical (unpaired) electrons. The molecule has 0 aliphatic heterocycles. The fourth-order valence-corrected chi connectivity index (χ4v) is 2.92. The molecule has 2 N–H and O–H groups in total. The van der Waals surface area contributed by atoms with Crippen LogP contribution in [0.3, 0.4) is 0 Å². The normalized spacial score (nSPS) is 12.6. The van der Waals surface area contributed by atoms with Crippen molar-refractivity contribution in [2.24, 2.45) is 5.73 Å². The fourth-order valence-electron chi connectivity index (χ4n) is 2.65. The van der Waals surface area contributed by atoms with E-state index in [1.54, 1.807) is 0 Å². The summed E-state index contributed by atoms with van der Waals surface area (Å²) in [5, 5.41) is 2.48. The van der Waals surface area contributed by atoms with Gasteiger partial charge in [-0.3, -0.25) is 0 Å². The topological polar surface area (TPSA) is 26.0 Å². The van der Waals surface area contributed by atoms with Crippen LogP contribution < -0.4 is 5.73 Å². The van der Waals surface area contributed by atoms with Crippen molar-refractivity contribution in [2.45, 2.75) is 13.0 Å². The Morgan fingerprint density at radius 3 is 2.35 bits per heavy atom. The minimum absolute atomic E-state index is 0.103. The molecule has 0 fully saturated rings. The largest absolute Gasteiger partial charge is 0.320 e. The van der Waals surface area contributed by atoms with Crippen LogP contribution in [0.25, 0.3) is 10.8 Å². The number of fused-ring (bicyclic) bond motifs is 1. The lowest BCUT2D eigenvalue weighted by atomic mass is 9.91. The van der Waals surface area contributed by atoms with Crippen molar-refractivity contribution in [3.8, 4) is 0 Å². The van der Waals surface area contributed by atoms with E-state index < -0.39 is 0 Å². The summed E-state index contributed by atoms with van der Waals surface area (Å²) in [7, 11) is 0. The standard InChI is InChI=1S/C18H16BrN/c1-12-6-7-13-4-2-3-5-16(13)17(12)18(20)14-8-10-15(19)11-9-14/h2-11,18H,20H2,1H3. The molecule has 1 nitrogen and oxygen atoms in total. The molecule has 1 atom stereocenters. The minimum atomic E-state index is -0.103. The van der Waals surface area contributed by atoms with E-state index in [2.05, 4.69) is 71.4 Å². The van der Waals surface area contributed by atoms with Gasteiger partial charge in [0, 0.05) is 4.47 Å². The van der Waals surface area contributed by atoms with Crippen LogP contribution in [-0.2, 0) is 0 Å². The summed E-state index contributed by atoms with van der Waals surface area (Å²) in [6.07, 6.45) is 0. The van der Waals surface area contributed by atoms with Gasteiger partial charge in [-0.25, -0.2) is 0 Å². The summed E-state index contributed by atoms with van der Waals surface area (Å²) >= 11 is 3.46. The highest BCUT2D eigenvalue weighted by Gasteiger charge is 2.14. The Labute approximate surface area is 127 Å². The maximum atomic E-state index is 6.52. The molecule has 0 aliphatic carbocycles. The molecule has 0 aliphatic rings. The molecule has 0 bridgehead atoms. The second kappa shape index (κ2) is 5.39. The highest BCUT2D eigenvalue weighted by Crippen LogP contribution is 2.30. The van der Waals surface area contributed by atoms with Gasteiger partial charge in [-0.1, -0.05) is 64.5 Å². The quantitative estimate of drug-likeness (QED) is 0.708. The van der Waals surface area contributed by atoms with Crippen LogP contribution in [0.15, 0.2) is 65.1 Å². The van der Waals surface area contributed by atoms with Gasteiger partial charge in [-0.2, -0.15) is 0 Å². The van der Waals surface area contributed by atoms with Crippen LogP contribution in [0.5, 0.6) is 0 Å². The van der Waals surface area contributed by atoms with E-state index in [1.165, 1.54) is 21.9 Å². The molecule has 0 spiro atoms. The molecule has 0 aromatic heterocycles. The Morgan fingerprint density at radius 1 is 0.900 bits per heavy atom. The van der Waals surface area contributed by atoms with Crippen molar-refractivity contribution < 1.29 is 0 Å². The Bertz CT molecular complexity index is 747. The molecule has 3 aromatic rings. The first-order chi connectivity index (χ1) is 9.66. The molecular formula is C18H16BrN. The van der Waals surface area contributed by atoms with E-state index in [-0.39, 0.29) is 6.04 Å². The van der Waals surface area contributed by atoms with Crippen LogP contribution in [0.1, 0.15) is 22.7 Å². The van der Waals surface area contributed by atoms with E-state index in [1.807, 2.05) is 12.1 Å². The molecule has 2 heteroatoms. The van der Waals surface area contributed by atoms with E-state index in [4.69, 9.17) is 5.73 Å². The average Bonchev–Trinajstić information content (AvgIpc) is 2.47. The first-order valence-corrected chi connectivity index (χ1v) is 7.45. The number of aryl methyl sites for hydroxylation is 1. The van der Waals surface area contributed by atoms with Crippen LogP contribution in [0.4, 0.5) is 0 Å². The summed E-state index contributed by atoms with van der Waals surface area (Å²) in [5.74, 6) is 0. The number of nitrogens with two attached hydrogens (primary N) is 1. The van der Waals surface area contributed by atoms with Gasteiger partial charge in [0.05, 0.1) is 6.04 Å². The van der Waals surface area contributed by atoms with E-state index in [9.17, 15) is 0 Å². The van der Waals surface area contributed by atoms with Crippen molar-refractivity contribution in [3.05, 3.63) is 81.8 Å². The molecule has 20 heavy (non-hydrogen) atoms. The molecule has 0 saturated heterocycles. The summed E-state index contributed by atoms with van der Waals surface area (Å²) in [5.41, 5.74) is 10.1. The zero-order valence-corrected chi connectivity index (χ0v) is 12.9. The number of benzene rings is 3. The maximum Gasteiger partial charge on any atom is 0.0560 e. The lowest BCUT2D eigenvalue weighted by Crippen LogP contribution is -2.13. The Balaban J connectivity index is 2.18. The number of halogens is 1. The van der Waals surface area contributed by atoms with Gasteiger partial charge in [0.25, 0.3) is 0 Å². The highest BCUT2D eigenvalue weighted by atomic mass is 79.9. The van der Waals surface area contributed by atoms with Gasteiger partial charge in [0.1, 0.15) is 0 Å². The van der Waals surface area contributed by atoms with Gasteiger partial charge in [-0.05, 0) is 46.5 Å². The van der Waals surface area contributed by atoms with Crippen molar-refractivity contribution in [2.75, 3.05) is 0 Å². The predicted octanol–water partition coefficient (Wildman–Crippen LogP) is 4.96. The molecule has 0 heterocycles. The monoisotopic (exact) mass is 325 g/mol. The molecular weight excluding hydrogens is 310 g/mol. The number of hydrogen-bond donors (Lipinski definition) is 1. The summed E-state index contributed by atoms with van der Waals surface area (Å²) < 4.78 is 1.07. The van der Waals surface area contributed by atoms with Gasteiger partial charge < -0.3 is 5.73 Å². The van der Waals surface area contributed by atoms with Gasteiger partial charge in [-0.15, -0.1) is 0 Å². The SMILES string of the molecule is Cc1ccc2ccccc2c1C(N)c1ccc(Br)cc1. The van der Waals surface area contributed by atoms with Gasteiger partial charge in [0.15, 0.2) is 0 Å². The summed E-state index contributed by atoms with van der Waals surface area (Å²) in [6, 6.07) is 20.8. The summed E-state index contributed by atoms with van der Waals surface area (Å²) in [6.45, 7) is 2.13. The lowest BCUT2D eigenvalue weighted by Gasteiger charge is -2.18. The first kappa shape index (κ1) is 13.3. The van der Waals surface area contributed by atoms with Crippen molar-refractivity contribution in [3.63, 3.8) is 0 Å². The van der Waals surface area contributed by atoms with Gasteiger partial charge in [0.2, 0.25) is 0 Å². The second-order valence-electron chi connectivity index (χ2n) is 5.05. The number of hydrogen-bond acceptors (Lipinski definition) is 1. The van der Waals surface area contributed by atoms with Crippen molar-refractivity contribution in [1.82, 2.24) is 0 Å². The smallest absolute Gasteiger partial charge is 0.0560 e. The molecule has 3 rings (SSSR count). The van der Waals surface area contributed by atoms with E-state index in [0.29, 0.717) is 0 Å². The second-order valence-corrected chi connectivity index (χ2v) is 5.96. The fraction of sp³-hybridized carbons (Fsp3) is 0.111. The zero-order valence-electron chi connectivity index (χ0n) is 11.3. The minimum Gasteiger partial charge on any atom is -0.320 e. The van der Waals surface area contributed by atoms with Gasteiger partial charge >= 0.3 is 0 Å². The zero-order chi connectivity index (χ0) is 14.1. The number of rotatable bonds is 2. The molecule has 3 aromatic carbocycles. The first-order valence-electron chi connectivity index (χ1n) is 6.66. The Morgan fingerprint density at radius 2 is 1.60 bits per heavy atom. The van der Waals surface area contributed by atoms with Crippen LogP contribution >= 0.6 is 15.9 Å². The Kier molecular flexibility index (Phi) is 3.60. The van der Waals surface area contributed by atoms with Crippen LogP contribution in [0, 0.1) is 6.92 Å². The highest BCUT2D eigenvalue weighted by molar-refractivity contribution is 9.10. The van der Waals surface area contributed by atoms with E-state index >= 15 is 0 Å². The van der Waals surface area contributed by atoms with Crippen molar-refractivity contribution >= 4 is 26.7 Å². The van der Waals surface area contributed by atoms with Crippen LogP contribution in [0.2, 0.25) is 0 Å². The third kappa shape index (κ3) is 2.37. The molecule has 0 saturated carbocycles. The predicted molar refractivity (Wildman–Crippen MR) is 88.9 cm³/mol. The third-order valence-electron chi connectivity index (χ3n) is 3.73. The van der Waals surface area contributed by atoms with E-state index in [0.717, 1.165) is 10.0 Å². The molecule has 0 amide bonds. The summed E-state index contributed by atoms with van der Waals surface area (Å²) in [4.78, 5) is 0. The molecule has 1 unspecified atom stereocenters. The lowest BCUT2D eigenvalue weighted by molar-refractivity contribution is 0.871. The van der Waals surface area contributed by atoms with Crippen LogP contribution in [-0.4, -0.2) is 0 Å². The van der Waals surface area contributed by atoms with Crippen molar-refractivity contribution in [1.29, 1.82) is 0 Å².